The second-order valence-electron chi connectivity index (χ2n) is 4.72. The fourth-order valence-electron chi connectivity index (χ4n) is 2.28. The van der Waals surface area contributed by atoms with E-state index in [4.69, 9.17) is 4.74 Å². The molecule has 1 amide bonds. The van der Waals surface area contributed by atoms with Gasteiger partial charge in [0.1, 0.15) is 0 Å². The third kappa shape index (κ3) is 3.81. The summed E-state index contributed by atoms with van der Waals surface area (Å²) in [7, 11) is 1.42. The van der Waals surface area contributed by atoms with E-state index in [1.54, 1.807) is 18.2 Å². The largest absolute Gasteiger partial charge is 0.494 e. The zero-order valence-corrected chi connectivity index (χ0v) is 11.0. The summed E-state index contributed by atoms with van der Waals surface area (Å²) in [5.74, 6) is -0.350. The maximum absolute atomic E-state index is 13.4. The Morgan fingerprint density at radius 1 is 1.42 bits per heavy atom. The van der Waals surface area contributed by atoms with E-state index in [9.17, 15) is 9.18 Å². The molecule has 2 rings (SSSR count). The summed E-state index contributed by atoms with van der Waals surface area (Å²) in [5, 5.41) is 2.94. The maximum Gasteiger partial charge on any atom is 0.244 e. The van der Waals surface area contributed by atoms with Crippen LogP contribution in [0.25, 0.3) is 6.08 Å². The van der Waals surface area contributed by atoms with Crippen molar-refractivity contribution in [2.24, 2.45) is 0 Å². The van der Waals surface area contributed by atoms with Crippen LogP contribution in [0.1, 0.15) is 31.2 Å². The predicted molar refractivity (Wildman–Crippen MR) is 72.4 cm³/mol. The predicted octanol–water partition coefficient (Wildman–Crippen LogP) is 2.91. The molecule has 0 unspecified atom stereocenters. The molecule has 0 aliphatic heterocycles. The topological polar surface area (TPSA) is 38.3 Å². The van der Waals surface area contributed by atoms with Crippen molar-refractivity contribution in [1.82, 2.24) is 5.32 Å². The summed E-state index contributed by atoms with van der Waals surface area (Å²) in [6.45, 7) is 0. The summed E-state index contributed by atoms with van der Waals surface area (Å²) in [6, 6.07) is 4.90. The van der Waals surface area contributed by atoms with Gasteiger partial charge in [-0.25, -0.2) is 4.39 Å². The molecule has 1 fully saturated rings. The van der Waals surface area contributed by atoms with Crippen molar-refractivity contribution in [2.75, 3.05) is 7.11 Å². The van der Waals surface area contributed by atoms with Crippen LogP contribution < -0.4 is 10.1 Å². The molecule has 1 aromatic carbocycles. The van der Waals surface area contributed by atoms with Crippen LogP contribution in [-0.4, -0.2) is 19.1 Å². The summed E-state index contributed by atoms with van der Waals surface area (Å²) >= 11 is 0. The molecule has 1 saturated carbocycles. The Kier molecular flexibility index (Phi) is 4.55. The van der Waals surface area contributed by atoms with E-state index in [-0.39, 0.29) is 11.7 Å². The Hall–Kier alpha value is -1.84. The van der Waals surface area contributed by atoms with E-state index in [2.05, 4.69) is 5.32 Å². The Balaban J connectivity index is 1.93. The lowest BCUT2D eigenvalue weighted by molar-refractivity contribution is -0.117. The molecule has 4 heteroatoms. The summed E-state index contributed by atoms with van der Waals surface area (Å²) in [4.78, 5) is 11.7. The third-order valence-electron chi connectivity index (χ3n) is 3.30. The van der Waals surface area contributed by atoms with Gasteiger partial charge in [0.25, 0.3) is 0 Å². The zero-order valence-electron chi connectivity index (χ0n) is 11.0. The first-order chi connectivity index (χ1) is 9.19. The van der Waals surface area contributed by atoms with Gasteiger partial charge >= 0.3 is 0 Å². The summed E-state index contributed by atoms with van der Waals surface area (Å²) in [6.07, 6.45) is 7.51. The smallest absolute Gasteiger partial charge is 0.244 e. The number of halogens is 1. The van der Waals surface area contributed by atoms with Crippen LogP contribution in [0.3, 0.4) is 0 Å². The highest BCUT2D eigenvalue weighted by atomic mass is 19.1. The standard InChI is InChI=1S/C15H18FNO2/c1-19-14-8-6-11(10-13(14)16)7-9-15(18)17-12-4-2-3-5-12/h6-10,12H,2-5H2,1H3,(H,17,18). The van der Waals surface area contributed by atoms with Crippen molar-refractivity contribution in [3.63, 3.8) is 0 Å². The van der Waals surface area contributed by atoms with Crippen LogP contribution in [0.5, 0.6) is 5.75 Å². The molecule has 0 spiro atoms. The lowest BCUT2D eigenvalue weighted by Gasteiger charge is -2.09. The molecule has 0 atom stereocenters. The number of benzene rings is 1. The number of methoxy groups -OCH3 is 1. The lowest BCUT2D eigenvalue weighted by Crippen LogP contribution is -2.30. The lowest BCUT2D eigenvalue weighted by atomic mass is 10.2. The fraction of sp³-hybridized carbons (Fsp3) is 0.400. The van der Waals surface area contributed by atoms with E-state index in [1.807, 2.05) is 0 Å². The minimum atomic E-state index is -0.430. The van der Waals surface area contributed by atoms with Gasteiger partial charge in [-0.3, -0.25) is 4.79 Å². The fourth-order valence-corrected chi connectivity index (χ4v) is 2.28. The van der Waals surface area contributed by atoms with Crippen molar-refractivity contribution in [3.05, 3.63) is 35.7 Å². The highest BCUT2D eigenvalue weighted by molar-refractivity contribution is 5.91. The summed E-state index contributed by atoms with van der Waals surface area (Å²) < 4.78 is 18.3. The van der Waals surface area contributed by atoms with E-state index in [1.165, 1.54) is 32.1 Å². The molecule has 0 aromatic heterocycles. The van der Waals surface area contributed by atoms with Crippen LogP contribution in [0.4, 0.5) is 4.39 Å². The van der Waals surface area contributed by atoms with Crippen LogP contribution in [-0.2, 0) is 4.79 Å². The van der Waals surface area contributed by atoms with Crippen molar-refractivity contribution in [1.29, 1.82) is 0 Å². The second kappa shape index (κ2) is 6.36. The SMILES string of the molecule is COc1ccc(C=CC(=O)NC2CCCC2)cc1F. The molecule has 0 bridgehead atoms. The Morgan fingerprint density at radius 2 is 2.16 bits per heavy atom. The van der Waals surface area contributed by atoms with Gasteiger partial charge in [-0.1, -0.05) is 18.9 Å². The first-order valence-corrected chi connectivity index (χ1v) is 6.51. The second-order valence-corrected chi connectivity index (χ2v) is 4.72. The Bertz CT molecular complexity index is 479. The first kappa shape index (κ1) is 13.6. The molecule has 1 aromatic rings. The van der Waals surface area contributed by atoms with Crippen molar-refractivity contribution >= 4 is 12.0 Å². The number of hydrogen-bond acceptors (Lipinski definition) is 2. The van der Waals surface area contributed by atoms with Crippen molar-refractivity contribution in [3.8, 4) is 5.75 Å². The van der Waals surface area contributed by atoms with Gasteiger partial charge in [-0.05, 0) is 36.6 Å². The number of carbonyl (C=O) groups excluding carboxylic acids is 1. The number of ether oxygens (including phenoxy) is 1. The van der Waals surface area contributed by atoms with Gasteiger partial charge in [0, 0.05) is 12.1 Å². The average Bonchev–Trinajstić information content (AvgIpc) is 2.89. The number of hydrogen-bond donors (Lipinski definition) is 1. The number of carbonyl (C=O) groups is 1. The zero-order chi connectivity index (χ0) is 13.7. The molecule has 1 N–H and O–H groups in total. The molecule has 1 aliphatic rings. The van der Waals surface area contributed by atoms with Gasteiger partial charge < -0.3 is 10.1 Å². The van der Waals surface area contributed by atoms with Gasteiger partial charge in [-0.15, -0.1) is 0 Å². The first-order valence-electron chi connectivity index (χ1n) is 6.51. The molecule has 102 valence electrons. The Labute approximate surface area is 112 Å². The van der Waals surface area contributed by atoms with Crippen LogP contribution in [0.2, 0.25) is 0 Å². The average molecular weight is 263 g/mol. The van der Waals surface area contributed by atoms with Gasteiger partial charge in [0.2, 0.25) is 5.91 Å². The monoisotopic (exact) mass is 263 g/mol. The quantitative estimate of drug-likeness (QED) is 0.848. The van der Waals surface area contributed by atoms with E-state index in [0.717, 1.165) is 12.8 Å². The third-order valence-corrected chi connectivity index (χ3v) is 3.30. The van der Waals surface area contributed by atoms with E-state index >= 15 is 0 Å². The highest BCUT2D eigenvalue weighted by Crippen LogP contribution is 2.19. The molecule has 0 radical (unpaired) electrons. The van der Waals surface area contributed by atoms with Crippen LogP contribution >= 0.6 is 0 Å². The Morgan fingerprint density at radius 3 is 2.79 bits per heavy atom. The van der Waals surface area contributed by atoms with Crippen molar-refractivity contribution in [2.45, 2.75) is 31.7 Å². The molecular formula is C15H18FNO2. The van der Waals surface area contributed by atoms with Gasteiger partial charge in [0.15, 0.2) is 11.6 Å². The minimum Gasteiger partial charge on any atom is -0.494 e. The van der Waals surface area contributed by atoms with Gasteiger partial charge in [0.05, 0.1) is 7.11 Å². The summed E-state index contributed by atoms with van der Waals surface area (Å²) in [5.41, 5.74) is 0.639. The number of rotatable bonds is 4. The molecule has 0 heterocycles. The van der Waals surface area contributed by atoms with Gasteiger partial charge in [-0.2, -0.15) is 0 Å². The number of nitrogens with one attached hydrogen (secondary N) is 1. The normalized spacial score (nSPS) is 15.9. The van der Waals surface area contributed by atoms with E-state index < -0.39 is 5.82 Å². The van der Waals surface area contributed by atoms with E-state index in [0.29, 0.717) is 11.6 Å². The molecule has 3 nitrogen and oxygen atoms in total. The molecule has 1 aliphatic carbocycles. The van der Waals surface area contributed by atoms with Crippen LogP contribution in [0.15, 0.2) is 24.3 Å². The van der Waals surface area contributed by atoms with Crippen molar-refractivity contribution < 1.29 is 13.9 Å². The molecule has 0 saturated heterocycles. The maximum atomic E-state index is 13.4. The molecule has 19 heavy (non-hydrogen) atoms. The highest BCUT2D eigenvalue weighted by Gasteiger charge is 2.15. The minimum absolute atomic E-state index is 0.122. The number of amides is 1. The van der Waals surface area contributed by atoms with Crippen LogP contribution in [0, 0.1) is 5.82 Å². The molecular weight excluding hydrogens is 245 g/mol.